The molecule has 0 radical (unpaired) electrons. The van der Waals surface area contributed by atoms with Gasteiger partial charge in [-0.15, -0.1) is 0 Å². The van der Waals surface area contributed by atoms with Crippen LogP contribution in [-0.2, 0) is 16.0 Å². The Kier molecular flexibility index (Phi) is 4.34. The molecule has 1 heterocycles. The molecule has 4 heteroatoms. The van der Waals surface area contributed by atoms with Gasteiger partial charge in [-0.1, -0.05) is 18.2 Å². The Morgan fingerprint density at radius 2 is 2.11 bits per heavy atom. The van der Waals surface area contributed by atoms with Gasteiger partial charge in [0.25, 0.3) is 0 Å². The maximum Gasteiger partial charge on any atom is 0.209 e. The monoisotopic (exact) mass is 258 g/mol. The maximum absolute atomic E-state index is 10.9. The number of hydrogen-bond acceptors (Lipinski definition) is 2. The van der Waals surface area contributed by atoms with E-state index in [0.29, 0.717) is 19.5 Å². The van der Waals surface area contributed by atoms with Gasteiger partial charge in [0.2, 0.25) is 6.41 Å². The van der Waals surface area contributed by atoms with Crippen molar-refractivity contribution in [1.29, 1.82) is 0 Å². The molecule has 0 aliphatic heterocycles. The van der Waals surface area contributed by atoms with Gasteiger partial charge in [-0.3, -0.25) is 9.59 Å². The first-order chi connectivity index (χ1) is 9.20. The summed E-state index contributed by atoms with van der Waals surface area (Å²) < 4.78 is 0. The first kappa shape index (κ1) is 13.3. The van der Waals surface area contributed by atoms with E-state index >= 15 is 0 Å². The standard InChI is InChI=1S/C15H18N2O2/c1-12(19)6-8-17(11-18)9-7-13-10-16-15-5-3-2-4-14(13)15/h2-5,10-11,16H,6-9H2,1H3. The normalized spacial score (nSPS) is 10.6. The lowest BCUT2D eigenvalue weighted by Crippen LogP contribution is -2.26. The van der Waals surface area contributed by atoms with Crippen LogP contribution >= 0.6 is 0 Å². The first-order valence-corrected chi connectivity index (χ1v) is 6.44. The van der Waals surface area contributed by atoms with Gasteiger partial charge in [-0.05, 0) is 25.0 Å². The maximum atomic E-state index is 10.9. The molecule has 1 N–H and O–H groups in total. The number of para-hydroxylation sites is 1. The molecule has 1 amide bonds. The zero-order valence-electron chi connectivity index (χ0n) is 11.1. The van der Waals surface area contributed by atoms with Crippen LogP contribution in [0.3, 0.4) is 0 Å². The molecule has 0 saturated heterocycles. The zero-order valence-corrected chi connectivity index (χ0v) is 11.1. The van der Waals surface area contributed by atoms with E-state index in [9.17, 15) is 9.59 Å². The molecule has 100 valence electrons. The minimum atomic E-state index is 0.110. The average molecular weight is 258 g/mol. The van der Waals surface area contributed by atoms with Crippen LogP contribution in [0.25, 0.3) is 10.9 Å². The second kappa shape index (κ2) is 6.18. The second-order valence-electron chi connectivity index (χ2n) is 4.70. The summed E-state index contributed by atoms with van der Waals surface area (Å²) in [6, 6.07) is 8.11. The quantitative estimate of drug-likeness (QED) is 0.774. The van der Waals surface area contributed by atoms with Crippen LogP contribution in [0.4, 0.5) is 0 Å². The third-order valence-corrected chi connectivity index (χ3v) is 3.24. The number of H-pyrrole nitrogens is 1. The molecule has 0 atom stereocenters. The summed E-state index contributed by atoms with van der Waals surface area (Å²) in [5.74, 6) is 0.110. The van der Waals surface area contributed by atoms with Crippen molar-refractivity contribution in [1.82, 2.24) is 9.88 Å². The topological polar surface area (TPSA) is 53.2 Å². The highest BCUT2D eigenvalue weighted by Crippen LogP contribution is 2.18. The van der Waals surface area contributed by atoms with Crippen molar-refractivity contribution in [3.63, 3.8) is 0 Å². The summed E-state index contributed by atoms with van der Waals surface area (Å²) in [7, 11) is 0. The van der Waals surface area contributed by atoms with Gasteiger partial charge in [-0.2, -0.15) is 0 Å². The molecule has 0 spiro atoms. The van der Waals surface area contributed by atoms with E-state index in [1.807, 2.05) is 24.4 Å². The Morgan fingerprint density at radius 1 is 1.32 bits per heavy atom. The number of amides is 1. The molecule has 0 bridgehead atoms. The average Bonchev–Trinajstić information content (AvgIpc) is 2.82. The minimum Gasteiger partial charge on any atom is -0.361 e. The van der Waals surface area contributed by atoms with E-state index in [0.717, 1.165) is 18.3 Å². The smallest absolute Gasteiger partial charge is 0.209 e. The molecule has 0 fully saturated rings. The van der Waals surface area contributed by atoms with E-state index in [1.54, 1.807) is 11.8 Å². The zero-order chi connectivity index (χ0) is 13.7. The molecule has 4 nitrogen and oxygen atoms in total. The molecule has 2 aromatic rings. The predicted molar refractivity (Wildman–Crippen MR) is 74.9 cm³/mol. The largest absolute Gasteiger partial charge is 0.361 e. The number of rotatable bonds is 7. The minimum absolute atomic E-state index is 0.110. The Hall–Kier alpha value is -2.10. The lowest BCUT2D eigenvalue weighted by molar-refractivity contribution is -0.120. The number of nitrogens with one attached hydrogen (secondary N) is 1. The number of benzene rings is 1. The molecule has 0 saturated carbocycles. The van der Waals surface area contributed by atoms with Gasteiger partial charge in [0, 0.05) is 36.6 Å². The predicted octanol–water partition coefficient (Wildman–Crippen LogP) is 2.15. The van der Waals surface area contributed by atoms with Crippen molar-refractivity contribution in [3.8, 4) is 0 Å². The summed E-state index contributed by atoms with van der Waals surface area (Å²) in [5.41, 5.74) is 2.31. The molecule has 2 rings (SSSR count). The van der Waals surface area contributed by atoms with Crippen molar-refractivity contribution < 1.29 is 9.59 Å². The number of carbonyl (C=O) groups excluding carboxylic acids is 2. The molecule has 19 heavy (non-hydrogen) atoms. The van der Waals surface area contributed by atoms with Crippen LogP contribution < -0.4 is 0 Å². The summed E-state index contributed by atoms with van der Waals surface area (Å²) >= 11 is 0. The third kappa shape index (κ3) is 3.44. The van der Waals surface area contributed by atoms with Crippen LogP contribution in [0.5, 0.6) is 0 Å². The number of aromatic amines is 1. The molecule has 1 aromatic carbocycles. The lowest BCUT2D eigenvalue weighted by Gasteiger charge is -2.15. The first-order valence-electron chi connectivity index (χ1n) is 6.44. The number of aromatic nitrogens is 1. The van der Waals surface area contributed by atoms with Crippen LogP contribution in [0.2, 0.25) is 0 Å². The number of fused-ring (bicyclic) bond motifs is 1. The van der Waals surface area contributed by atoms with Gasteiger partial charge in [-0.25, -0.2) is 0 Å². The van der Waals surface area contributed by atoms with E-state index in [-0.39, 0.29) is 5.78 Å². The van der Waals surface area contributed by atoms with Gasteiger partial charge in [0.15, 0.2) is 0 Å². The number of carbonyl (C=O) groups is 2. The number of Topliss-reactive ketones (excluding diaryl/α,β-unsaturated/α-hetero) is 1. The Labute approximate surface area is 112 Å². The van der Waals surface area contributed by atoms with E-state index < -0.39 is 0 Å². The summed E-state index contributed by atoms with van der Waals surface area (Å²) in [6.07, 6.45) is 4.02. The Morgan fingerprint density at radius 3 is 2.84 bits per heavy atom. The van der Waals surface area contributed by atoms with E-state index in [4.69, 9.17) is 0 Å². The van der Waals surface area contributed by atoms with Crippen LogP contribution in [-0.4, -0.2) is 35.2 Å². The van der Waals surface area contributed by atoms with Gasteiger partial charge in [0.1, 0.15) is 5.78 Å². The van der Waals surface area contributed by atoms with Gasteiger partial charge < -0.3 is 9.88 Å². The Bertz CT molecular complexity index is 574. The summed E-state index contributed by atoms with van der Waals surface area (Å²) in [6.45, 7) is 2.68. The van der Waals surface area contributed by atoms with Crippen molar-refractivity contribution in [3.05, 3.63) is 36.0 Å². The van der Waals surface area contributed by atoms with Crippen LogP contribution in [0.1, 0.15) is 18.9 Å². The highest BCUT2D eigenvalue weighted by molar-refractivity contribution is 5.83. The SMILES string of the molecule is CC(=O)CCN(C=O)CCc1c[nH]c2ccccc12. The Balaban J connectivity index is 1.97. The van der Waals surface area contributed by atoms with Crippen LogP contribution in [0, 0.1) is 0 Å². The number of ketones is 1. The van der Waals surface area contributed by atoms with Crippen molar-refractivity contribution in [2.75, 3.05) is 13.1 Å². The summed E-state index contributed by atoms with van der Waals surface area (Å²) in [4.78, 5) is 26.7. The van der Waals surface area contributed by atoms with E-state index in [2.05, 4.69) is 11.1 Å². The van der Waals surface area contributed by atoms with Crippen molar-refractivity contribution >= 4 is 23.1 Å². The molecular weight excluding hydrogens is 240 g/mol. The molecule has 0 unspecified atom stereocenters. The van der Waals surface area contributed by atoms with Gasteiger partial charge in [0.05, 0.1) is 0 Å². The molecular formula is C15H18N2O2. The van der Waals surface area contributed by atoms with E-state index in [1.165, 1.54) is 10.9 Å². The second-order valence-corrected chi connectivity index (χ2v) is 4.70. The fourth-order valence-corrected chi connectivity index (χ4v) is 2.12. The highest BCUT2D eigenvalue weighted by atomic mass is 16.1. The fourth-order valence-electron chi connectivity index (χ4n) is 2.12. The third-order valence-electron chi connectivity index (χ3n) is 3.24. The van der Waals surface area contributed by atoms with Crippen molar-refractivity contribution in [2.45, 2.75) is 19.8 Å². The fraction of sp³-hybridized carbons (Fsp3) is 0.333. The van der Waals surface area contributed by atoms with Crippen LogP contribution in [0.15, 0.2) is 30.5 Å². The van der Waals surface area contributed by atoms with Crippen molar-refractivity contribution in [2.24, 2.45) is 0 Å². The summed E-state index contributed by atoms with van der Waals surface area (Å²) in [5, 5.41) is 1.19. The molecule has 1 aromatic heterocycles. The molecule has 0 aliphatic rings. The number of hydrogen-bond donors (Lipinski definition) is 1. The van der Waals surface area contributed by atoms with Gasteiger partial charge >= 0.3 is 0 Å². The highest BCUT2D eigenvalue weighted by Gasteiger charge is 2.07. The number of nitrogens with zero attached hydrogens (tertiary/aromatic N) is 1. The lowest BCUT2D eigenvalue weighted by atomic mass is 10.1. The molecule has 0 aliphatic carbocycles.